The fraction of sp³-hybridized carbons (Fsp3) is 0.611. The summed E-state index contributed by atoms with van der Waals surface area (Å²) >= 11 is 0. The maximum atomic E-state index is 12.0. The monoisotopic (exact) mass is 302 g/mol. The van der Waals surface area contributed by atoms with Crippen LogP contribution in [-0.4, -0.2) is 42.6 Å². The van der Waals surface area contributed by atoms with E-state index in [-0.39, 0.29) is 24.0 Å². The van der Waals surface area contributed by atoms with Crippen LogP contribution >= 0.6 is 0 Å². The van der Waals surface area contributed by atoms with Gasteiger partial charge in [0.15, 0.2) is 0 Å². The number of rotatable bonds is 6. The molecule has 1 aromatic rings. The van der Waals surface area contributed by atoms with E-state index in [1.807, 2.05) is 6.07 Å². The summed E-state index contributed by atoms with van der Waals surface area (Å²) in [6.07, 6.45) is 3.12. The van der Waals surface area contributed by atoms with Crippen molar-refractivity contribution >= 4 is 5.91 Å². The number of nitrogens with zero attached hydrogens (tertiary/aromatic N) is 1. The summed E-state index contributed by atoms with van der Waals surface area (Å²) in [6, 6.07) is 10.7. The molecule has 1 heterocycles. The number of morpholine rings is 1. The summed E-state index contributed by atoms with van der Waals surface area (Å²) in [6.45, 7) is 5.66. The number of ether oxygens (including phenoxy) is 1. The molecule has 2 aliphatic rings. The Bertz CT molecular complexity index is 487. The van der Waals surface area contributed by atoms with E-state index < -0.39 is 0 Å². The van der Waals surface area contributed by atoms with Crippen molar-refractivity contribution < 1.29 is 9.53 Å². The lowest BCUT2D eigenvalue weighted by molar-refractivity contribution is -0.125. The van der Waals surface area contributed by atoms with E-state index in [1.54, 1.807) is 0 Å². The first-order valence-corrected chi connectivity index (χ1v) is 8.44. The van der Waals surface area contributed by atoms with Gasteiger partial charge in [0, 0.05) is 25.6 Å². The predicted octanol–water partition coefficient (Wildman–Crippen LogP) is 2.19. The minimum Gasteiger partial charge on any atom is -0.373 e. The Hall–Kier alpha value is -1.39. The molecule has 2 fully saturated rings. The lowest BCUT2D eigenvalue weighted by atomic mass is 10.1. The molecule has 4 nitrogen and oxygen atoms in total. The Morgan fingerprint density at radius 3 is 2.82 bits per heavy atom. The van der Waals surface area contributed by atoms with Crippen LogP contribution < -0.4 is 5.32 Å². The second kappa shape index (κ2) is 7.25. The highest BCUT2D eigenvalue weighted by atomic mass is 16.5. The molecule has 3 rings (SSSR count). The topological polar surface area (TPSA) is 41.6 Å². The van der Waals surface area contributed by atoms with Crippen LogP contribution in [0, 0.1) is 5.92 Å². The number of amides is 1. The molecule has 120 valence electrons. The largest absolute Gasteiger partial charge is 0.373 e. The Morgan fingerprint density at radius 2 is 2.14 bits per heavy atom. The summed E-state index contributed by atoms with van der Waals surface area (Å²) in [5.41, 5.74) is 1.33. The number of hydrogen-bond donors (Lipinski definition) is 1. The zero-order valence-electron chi connectivity index (χ0n) is 13.3. The second-order valence-corrected chi connectivity index (χ2v) is 6.43. The lowest BCUT2D eigenvalue weighted by Crippen LogP contribution is -2.53. The van der Waals surface area contributed by atoms with E-state index in [0.29, 0.717) is 0 Å². The fourth-order valence-electron chi connectivity index (χ4n) is 3.06. The van der Waals surface area contributed by atoms with Crippen molar-refractivity contribution in [2.24, 2.45) is 5.92 Å². The minimum atomic E-state index is 0.102. The molecule has 2 unspecified atom stereocenters. The van der Waals surface area contributed by atoms with Crippen LogP contribution in [0.15, 0.2) is 30.3 Å². The van der Waals surface area contributed by atoms with Crippen molar-refractivity contribution in [3.8, 4) is 0 Å². The summed E-state index contributed by atoms with van der Waals surface area (Å²) in [5, 5.41) is 3.19. The van der Waals surface area contributed by atoms with Crippen LogP contribution in [0.3, 0.4) is 0 Å². The van der Waals surface area contributed by atoms with Gasteiger partial charge in [0.1, 0.15) is 0 Å². The van der Waals surface area contributed by atoms with Gasteiger partial charge in [0.05, 0.1) is 18.8 Å². The Labute approximate surface area is 132 Å². The SMILES string of the molecule is CCC(NC(=O)C1CC1)C1CN(Cc2ccccc2)CCO1. The third-order valence-electron chi connectivity index (χ3n) is 4.59. The van der Waals surface area contributed by atoms with Crippen molar-refractivity contribution in [3.63, 3.8) is 0 Å². The predicted molar refractivity (Wildman–Crippen MR) is 86.4 cm³/mol. The van der Waals surface area contributed by atoms with Crippen LogP contribution in [0.25, 0.3) is 0 Å². The Kier molecular flexibility index (Phi) is 5.11. The Morgan fingerprint density at radius 1 is 1.36 bits per heavy atom. The highest BCUT2D eigenvalue weighted by molar-refractivity contribution is 5.81. The molecular weight excluding hydrogens is 276 g/mol. The number of carbonyl (C=O) groups is 1. The van der Waals surface area contributed by atoms with Gasteiger partial charge in [-0.1, -0.05) is 37.3 Å². The van der Waals surface area contributed by atoms with Crippen molar-refractivity contribution in [1.82, 2.24) is 10.2 Å². The van der Waals surface area contributed by atoms with Crippen LogP contribution in [0.5, 0.6) is 0 Å². The highest BCUT2D eigenvalue weighted by Gasteiger charge is 2.34. The summed E-state index contributed by atoms with van der Waals surface area (Å²) < 4.78 is 5.94. The number of nitrogens with one attached hydrogen (secondary N) is 1. The molecule has 0 aromatic heterocycles. The molecule has 1 amide bonds. The van der Waals surface area contributed by atoms with E-state index in [4.69, 9.17) is 4.74 Å². The van der Waals surface area contributed by atoms with E-state index in [1.165, 1.54) is 5.56 Å². The molecule has 1 aromatic carbocycles. The molecule has 1 N–H and O–H groups in total. The molecule has 1 aliphatic heterocycles. The average molecular weight is 302 g/mol. The number of benzene rings is 1. The Balaban J connectivity index is 1.55. The number of hydrogen-bond acceptors (Lipinski definition) is 3. The first-order valence-electron chi connectivity index (χ1n) is 8.44. The first kappa shape index (κ1) is 15.5. The van der Waals surface area contributed by atoms with Gasteiger partial charge in [0.2, 0.25) is 5.91 Å². The van der Waals surface area contributed by atoms with Gasteiger partial charge in [0.25, 0.3) is 0 Å². The summed E-state index contributed by atoms with van der Waals surface area (Å²) in [7, 11) is 0. The van der Waals surface area contributed by atoms with Crippen molar-refractivity contribution in [2.45, 2.75) is 44.9 Å². The maximum Gasteiger partial charge on any atom is 0.223 e. The smallest absolute Gasteiger partial charge is 0.223 e. The van der Waals surface area contributed by atoms with E-state index in [9.17, 15) is 4.79 Å². The molecule has 1 saturated carbocycles. The second-order valence-electron chi connectivity index (χ2n) is 6.43. The van der Waals surface area contributed by atoms with Gasteiger partial charge in [-0.05, 0) is 24.8 Å². The van der Waals surface area contributed by atoms with Crippen LogP contribution in [0.4, 0.5) is 0 Å². The van der Waals surface area contributed by atoms with Gasteiger partial charge in [-0.3, -0.25) is 9.69 Å². The average Bonchev–Trinajstić information content (AvgIpc) is 3.38. The van der Waals surface area contributed by atoms with Crippen LogP contribution in [-0.2, 0) is 16.1 Å². The molecule has 0 radical (unpaired) electrons. The molecule has 2 atom stereocenters. The first-order chi connectivity index (χ1) is 10.8. The molecule has 4 heteroatoms. The molecule has 1 saturated heterocycles. The minimum absolute atomic E-state index is 0.102. The molecule has 1 aliphatic carbocycles. The zero-order chi connectivity index (χ0) is 15.4. The lowest BCUT2D eigenvalue weighted by Gasteiger charge is -2.37. The van der Waals surface area contributed by atoms with Gasteiger partial charge >= 0.3 is 0 Å². The maximum absolute atomic E-state index is 12.0. The van der Waals surface area contributed by atoms with Crippen molar-refractivity contribution in [2.75, 3.05) is 19.7 Å². The molecule has 22 heavy (non-hydrogen) atoms. The van der Waals surface area contributed by atoms with Crippen molar-refractivity contribution in [3.05, 3.63) is 35.9 Å². The normalized spacial score (nSPS) is 24.0. The van der Waals surface area contributed by atoms with Gasteiger partial charge in [-0.15, -0.1) is 0 Å². The third-order valence-corrected chi connectivity index (χ3v) is 4.59. The number of carbonyl (C=O) groups excluding carboxylic acids is 1. The summed E-state index contributed by atoms with van der Waals surface area (Å²) in [5.74, 6) is 0.480. The highest BCUT2D eigenvalue weighted by Crippen LogP contribution is 2.29. The standard InChI is InChI=1S/C18H26N2O2/c1-2-16(19-18(21)15-8-9-15)17-13-20(10-11-22-17)12-14-6-4-3-5-7-14/h3-7,15-17H,2,8-13H2,1H3,(H,19,21). The zero-order valence-corrected chi connectivity index (χ0v) is 13.3. The fourth-order valence-corrected chi connectivity index (χ4v) is 3.06. The van der Waals surface area contributed by atoms with Gasteiger partial charge in [-0.2, -0.15) is 0 Å². The quantitative estimate of drug-likeness (QED) is 0.876. The summed E-state index contributed by atoms with van der Waals surface area (Å²) in [4.78, 5) is 14.4. The third kappa shape index (κ3) is 4.08. The van der Waals surface area contributed by atoms with E-state index in [0.717, 1.165) is 45.5 Å². The molecule has 0 bridgehead atoms. The van der Waals surface area contributed by atoms with Gasteiger partial charge < -0.3 is 10.1 Å². The van der Waals surface area contributed by atoms with Crippen LogP contribution in [0.2, 0.25) is 0 Å². The van der Waals surface area contributed by atoms with Crippen LogP contribution in [0.1, 0.15) is 31.7 Å². The van der Waals surface area contributed by atoms with Crippen molar-refractivity contribution in [1.29, 1.82) is 0 Å². The van der Waals surface area contributed by atoms with Gasteiger partial charge in [-0.25, -0.2) is 0 Å². The van der Waals surface area contributed by atoms with E-state index >= 15 is 0 Å². The molecule has 0 spiro atoms. The molecular formula is C18H26N2O2. The van der Waals surface area contributed by atoms with E-state index in [2.05, 4.69) is 41.4 Å².